The molecular formula is C33H42N2O2. The molecule has 37 heavy (non-hydrogen) atoms. The molecule has 0 radical (unpaired) electrons. The van der Waals surface area contributed by atoms with Crippen molar-refractivity contribution in [3.8, 4) is 0 Å². The molecule has 0 atom stereocenters. The summed E-state index contributed by atoms with van der Waals surface area (Å²) in [5, 5.41) is 1.73. The lowest BCUT2D eigenvalue weighted by atomic mass is 9.80. The number of hydrogen-bond donors (Lipinski definition) is 0. The van der Waals surface area contributed by atoms with Gasteiger partial charge in [-0.05, 0) is 65.0 Å². The van der Waals surface area contributed by atoms with Crippen molar-refractivity contribution < 1.29 is 9.59 Å². The molecule has 0 unspecified atom stereocenters. The molecule has 0 spiro atoms. The van der Waals surface area contributed by atoms with Gasteiger partial charge in [0.2, 0.25) is 0 Å². The maximum absolute atomic E-state index is 14.1. The van der Waals surface area contributed by atoms with Gasteiger partial charge in [0.1, 0.15) is 0 Å². The number of hydrogen-bond acceptors (Lipinski definition) is 3. The molecule has 0 fully saturated rings. The largest absolute Gasteiger partial charge is 0.374 e. The molecule has 2 amide bonds. The van der Waals surface area contributed by atoms with Crippen molar-refractivity contribution in [2.75, 3.05) is 23.4 Å². The topological polar surface area (TPSA) is 40.6 Å². The molecular weight excluding hydrogens is 456 g/mol. The van der Waals surface area contributed by atoms with E-state index < -0.39 is 0 Å². The number of anilines is 2. The van der Waals surface area contributed by atoms with Gasteiger partial charge < -0.3 is 4.90 Å². The second kappa shape index (κ2) is 9.63. The van der Waals surface area contributed by atoms with Gasteiger partial charge in [0.05, 0.1) is 5.69 Å². The first kappa shape index (κ1) is 26.9. The van der Waals surface area contributed by atoms with Gasteiger partial charge in [-0.25, -0.2) is 4.90 Å². The van der Waals surface area contributed by atoms with E-state index in [1.54, 1.807) is 0 Å². The molecule has 1 heterocycles. The summed E-state index contributed by atoms with van der Waals surface area (Å²) < 4.78 is 0. The summed E-state index contributed by atoms with van der Waals surface area (Å²) >= 11 is 0. The lowest BCUT2D eigenvalue weighted by Crippen LogP contribution is -2.42. The quantitative estimate of drug-likeness (QED) is 0.322. The van der Waals surface area contributed by atoms with Gasteiger partial charge >= 0.3 is 0 Å². The Morgan fingerprint density at radius 2 is 1.49 bits per heavy atom. The summed E-state index contributed by atoms with van der Waals surface area (Å²) in [6.07, 6.45) is 2.27. The lowest BCUT2D eigenvalue weighted by Gasteiger charge is -2.34. The Bertz CT molecular complexity index is 1330. The highest BCUT2D eigenvalue weighted by atomic mass is 16.2. The van der Waals surface area contributed by atoms with Crippen LogP contribution in [0.1, 0.15) is 100 Å². The molecule has 196 valence electrons. The average Bonchev–Trinajstić information content (AvgIpc) is 2.80. The van der Waals surface area contributed by atoms with Gasteiger partial charge in [-0.2, -0.15) is 0 Å². The zero-order valence-corrected chi connectivity index (χ0v) is 24.0. The molecule has 0 N–H and O–H groups in total. The highest BCUT2D eigenvalue weighted by Crippen LogP contribution is 2.41. The lowest BCUT2D eigenvalue weighted by molar-refractivity contribution is 0.0893. The normalized spacial score (nSPS) is 14.2. The smallest absolute Gasteiger partial charge is 0.265 e. The van der Waals surface area contributed by atoms with Crippen LogP contribution in [0.5, 0.6) is 0 Å². The Kier molecular flexibility index (Phi) is 7.00. The van der Waals surface area contributed by atoms with Crippen molar-refractivity contribution in [3.63, 3.8) is 0 Å². The molecule has 0 bridgehead atoms. The average molecular weight is 499 g/mol. The van der Waals surface area contributed by atoms with Crippen molar-refractivity contribution >= 4 is 34.0 Å². The van der Waals surface area contributed by atoms with E-state index in [9.17, 15) is 9.59 Å². The van der Waals surface area contributed by atoms with Crippen LogP contribution in [0.15, 0.2) is 48.5 Å². The van der Waals surface area contributed by atoms with Crippen molar-refractivity contribution in [3.05, 3.63) is 70.8 Å². The zero-order valence-electron chi connectivity index (χ0n) is 24.0. The third kappa shape index (κ3) is 5.03. The van der Waals surface area contributed by atoms with Crippen LogP contribution in [0.2, 0.25) is 0 Å². The minimum atomic E-state index is -0.251. The predicted molar refractivity (Wildman–Crippen MR) is 156 cm³/mol. The van der Waals surface area contributed by atoms with Crippen LogP contribution in [-0.4, -0.2) is 25.4 Å². The van der Waals surface area contributed by atoms with Crippen molar-refractivity contribution in [2.24, 2.45) is 5.92 Å². The van der Waals surface area contributed by atoms with E-state index in [1.165, 1.54) is 11.3 Å². The fourth-order valence-corrected chi connectivity index (χ4v) is 5.31. The molecule has 4 rings (SSSR count). The van der Waals surface area contributed by atoms with Crippen LogP contribution in [0.3, 0.4) is 0 Å². The number of imide groups is 1. The highest BCUT2D eigenvalue weighted by molar-refractivity contribution is 6.36. The SMILES string of the molecule is CC(C)CCCN(C)c1ccc2c3c(cccc13)C(=O)N(c1cc(C(C)(C)C)ccc1C(C)(C)C)C2=O. The second-order valence-electron chi connectivity index (χ2n) is 13.0. The van der Waals surface area contributed by atoms with Gasteiger partial charge in [-0.3, -0.25) is 9.59 Å². The molecule has 0 saturated heterocycles. The van der Waals surface area contributed by atoms with Crippen molar-refractivity contribution in [1.29, 1.82) is 0 Å². The van der Waals surface area contributed by atoms with Crippen LogP contribution in [0.4, 0.5) is 11.4 Å². The summed E-state index contributed by atoms with van der Waals surface area (Å²) in [5.74, 6) is 0.166. The Morgan fingerprint density at radius 1 is 0.838 bits per heavy atom. The van der Waals surface area contributed by atoms with E-state index in [4.69, 9.17) is 0 Å². The monoisotopic (exact) mass is 498 g/mol. The van der Waals surface area contributed by atoms with Gasteiger partial charge in [-0.15, -0.1) is 0 Å². The van der Waals surface area contributed by atoms with Crippen LogP contribution >= 0.6 is 0 Å². The Labute approximate surface area is 222 Å². The summed E-state index contributed by atoms with van der Waals surface area (Å²) in [5.41, 5.74) is 4.66. The minimum Gasteiger partial charge on any atom is -0.374 e. The maximum Gasteiger partial charge on any atom is 0.265 e. The minimum absolute atomic E-state index is 0.111. The molecule has 0 saturated carbocycles. The number of carbonyl (C=O) groups is 2. The molecule has 1 aliphatic rings. The first-order valence-electron chi connectivity index (χ1n) is 13.5. The van der Waals surface area contributed by atoms with Crippen LogP contribution in [0.25, 0.3) is 10.8 Å². The molecule has 4 nitrogen and oxygen atoms in total. The number of rotatable bonds is 6. The summed E-state index contributed by atoms with van der Waals surface area (Å²) in [6.45, 7) is 18.2. The summed E-state index contributed by atoms with van der Waals surface area (Å²) in [6, 6.07) is 16.0. The molecule has 0 aromatic heterocycles. The van der Waals surface area contributed by atoms with Crippen LogP contribution in [0, 0.1) is 5.92 Å². The third-order valence-electron chi connectivity index (χ3n) is 7.48. The van der Waals surface area contributed by atoms with E-state index in [0.29, 0.717) is 22.7 Å². The van der Waals surface area contributed by atoms with Crippen molar-refractivity contribution in [1.82, 2.24) is 0 Å². The van der Waals surface area contributed by atoms with E-state index in [2.05, 4.69) is 79.5 Å². The second-order valence-corrected chi connectivity index (χ2v) is 13.0. The Balaban J connectivity index is 1.85. The van der Waals surface area contributed by atoms with Crippen LogP contribution < -0.4 is 9.80 Å². The molecule has 3 aromatic rings. The Hall–Kier alpha value is -3.14. The van der Waals surface area contributed by atoms with E-state index in [1.807, 2.05) is 36.4 Å². The standard InChI is InChI=1S/C33H42N2O2/c1-21(2)12-11-19-34(9)27-18-16-25-29-23(27)13-10-14-24(29)30(36)35(31(25)37)28-20-22(32(3,4)5)15-17-26(28)33(6,7)8/h10,13-18,20-21H,11-12,19H2,1-9H3. The number of carbonyl (C=O) groups excluding carboxylic acids is 2. The fourth-order valence-electron chi connectivity index (χ4n) is 5.31. The van der Waals surface area contributed by atoms with Gasteiger partial charge in [0.15, 0.2) is 0 Å². The predicted octanol–water partition coefficient (Wildman–Crippen LogP) is 8.11. The zero-order chi connectivity index (χ0) is 27.3. The fraction of sp³-hybridized carbons (Fsp3) is 0.455. The number of benzene rings is 3. The van der Waals surface area contributed by atoms with E-state index in [0.717, 1.165) is 40.6 Å². The van der Waals surface area contributed by atoms with Gasteiger partial charge in [0.25, 0.3) is 11.8 Å². The molecule has 3 aromatic carbocycles. The first-order chi connectivity index (χ1) is 17.2. The van der Waals surface area contributed by atoms with Crippen molar-refractivity contribution in [2.45, 2.75) is 79.1 Å². The Morgan fingerprint density at radius 3 is 2.08 bits per heavy atom. The third-order valence-corrected chi connectivity index (χ3v) is 7.48. The van der Waals surface area contributed by atoms with E-state index in [-0.39, 0.29) is 22.6 Å². The molecule has 1 aliphatic heterocycles. The number of nitrogens with zero attached hydrogens (tertiary/aromatic N) is 2. The number of amides is 2. The molecule has 4 heteroatoms. The van der Waals surface area contributed by atoms with E-state index >= 15 is 0 Å². The molecule has 0 aliphatic carbocycles. The van der Waals surface area contributed by atoms with Gasteiger partial charge in [0, 0.05) is 41.2 Å². The summed E-state index contributed by atoms with van der Waals surface area (Å²) in [7, 11) is 2.09. The first-order valence-corrected chi connectivity index (χ1v) is 13.5. The summed E-state index contributed by atoms with van der Waals surface area (Å²) in [4.78, 5) is 31.8. The highest BCUT2D eigenvalue weighted by Gasteiger charge is 2.37. The van der Waals surface area contributed by atoms with Crippen LogP contribution in [-0.2, 0) is 10.8 Å². The van der Waals surface area contributed by atoms with Gasteiger partial charge in [-0.1, -0.05) is 79.7 Å². The maximum atomic E-state index is 14.1.